The van der Waals surface area contributed by atoms with E-state index in [0.717, 1.165) is 0 Å². The fourth-order valence-electron chi connectivity index (χ4n) is 1.75. The number of benzene rings is 1. The van der Waals surface area contributed by atoms with E-state index < -0.39 is 30.1 Å². The van der Waals surface area contributed by atoms with E-state index in [1.807, 2.05) is 0 Å². The average molecular weight is 276 g/mol. The lowest BCUT2D eigenvalue weighted by Gasteiger charge is -2.11. The van der Waals surface area contributed by atoms with E-state index >= 15 is 0 Å². The number of nitrogens with one attached hydrogen (secondary N) is 2. The molecule has 1 aromatic carbocycles. The summed E-state index contributed by atoms with van der Waals surface area (Å²) in [6.45, 7) is -0.737. The van der Waals surface area contributed by atoms with Gasteiger partial charge >= 0.3 is 5.97 Å². The Balaban J connectivity index is 2.36. The summed E-state index contributed by atoms with van der Waals surface area (Å²) in [6.07, 6.45) is 0. The first-order valence-electron chi connectivity index (χ1n) is 5.79. The van der Waals surface area contributed by atoms with Crippen LogP contribution in [0.1, 0.15) is 10.5 Å². The van der Waals surface area contributed by atoms with Crippen molar-refractivity contribution in [2.45, 2.75) is 6.04 Å². The van der Waals surface area contributed by atoms with Gasteiger partial charge in [-0.2, -0.15) is 0 Å². The predicted octanol–water partition coefficient (Wildman–Crippen LogP) is -0.297. The molecule has 0 bridgehead atoms. The number of carboxylic acid groups (broad SMARTS) is 1. The van der Waals surface area contributed by atoms with Crippen LogP contribution in [-0.2, 0) is 4.79 Å². The minimum Gasteiger partial charge on any atom is -0.480 e. The number of rotatable bonds is 4. The van der Waals surface area contributed by atoms with Crippen molar-refractivity contribution >= 4 is 22.6 Å². The lowest BCUT2D eigenvalue weighted by molar-refractivity contribution is -0.140. The molecule has 1 amide bonds. The molecule has 7 heteroatoms. The first-order chi connectivity index (χ1) is 9.52. The standard InChI is InChI=1S/C13H12N2O5/c16-6-10(13(19)20)15-12(18)9-5-7-3-1-2-4-8(7)11(17)14-9/h1-5,10,16H,6H2,(H,14,17)(H,15,18)(H,19,20). The molecule has 0 saturated carbocycles. The summed E-state index contributed by atoms with van der Waals surface area (Å²) in [4.78, 5) is 36.8. The smallest absolute Gasteiger partial charge is 0.328 e. The summed E-state index contributed by atoms with van der Waals surface area (Å²) in [7, 11) is 0. The molecular formula is C13H12N2O5. The van der Waals surface area contributed by atoms with Gasteiger partial charge in [0.15, 0.2) is 6.04 Å². The largest absolute Gasteiger partial charge is 0.480 e. The number of pyridine rings is 1. The second kappa shape index (κ2) is 5.54. The number of aliphatic carboxylic acids is 1. The number of carbonyl (C=O) groups excluding carboxylic acids is 1. The molecule has 0 spiro atoms. The predicted molar refractivity (Wildman–Crippen MR) is 70.5 cm³/mol. The first-order valence-corrected chi connectivity index (χ1v) is 5.79. The normalized spacial score (nSPS) is 12.1. The Morgan fingerprint density at radius 2 is 2.00 bits per heavy atom. The summed E-state index contributed by atoms with van der Waals surface area (Å²) < 4.78 is 0. The molecule has 1 heterocycles. The summed E-state index contributed by atoms with van der Waals surface area (Å²) in [5, 5.41) is 20.7. The molecule has 1 atom stereocenters. The minimum absolute atomic E-state index is 0.0617. The zero-order chi connectivity index (χ0) is 14.7. The Morgan fingerprint density at radius 1 is 1.30 bits per heavy atom. The number of aliphatic hydroxyl groups excluding tert-OH is 1. The van der Waals surface area contributed by atoms with Crippen LogP contribution in [0.15, 0.2) is 35.1 Å². The fraction of sp³-hybridized carbons (Fsp3) is 0.154. The van der Waals surface area contributed by atoms with Gasteiger partial charge in [-0.15, -0.1) is 0 Å². The van der Waals surface area contributed by atoms with Crippen molar-refractivity contribution in [2.24, 2.45) is 0 Å². The van der Waals surface area contributed by atoms with Gasteiger partial charge in [-0.05, 0) is 17.5 Å². The minimum atomic E-state index is -1.42. The monoisotopic (exact) mass is 276 g/mol. The Hall–Kier alpha value is -2.67. The highest BCUT2D eigenvalue weighted by Crippen LogP contribution is 2.09. The number of fused-ring (bicyclic) bond motifs is 1. The maximum atomic E-state index is 11.9. The number of hydrogen-bond acceptors (Lipinski definition) is 4. The molecule has 1 unspecified atom stereocenters. The van der Waals surface area contributed by atoms with Gasteiger partial charge in [-0.3, -0.25) is 9.59 Å². The molecular weight excluding hydrogens is 264 g/mol. The SMILES string of the molecule is O=C(NC(CO)C(=O)O)c1cc2ccccc2c(=O)[nH]1. The van der Waals surface area contributed by atoms with Crippen LogP contribution in [0.5, 0.6) is 0 Å². The number of aromatic nitrogens is 1. The lowest BCUT2D eigenvalue weighted by Crippen LogP contribution is -2.43. The van der Waals surface area contributed by atoms with Crippen molar-refractivity contribution in [1.29, 1.82) is 0 Å². The van der Waals surface area contributed by atoms with Crippen LogP contribution in [0.25, 0.3) is 10.8 Å². The van der Waals surface area contributed by atoms with Crippen LogP contribution in [0.2, 0.25) is 0 Å². The van der Waals surface area contributed by atoms with Crippen LogP contribution in [0.3, 0.4) is 0 Å². The van der Waals surface area contributed by atoms with Gasteiger partial charge in [0, 0.05) is 5.39 Å². The van der Waals surface area contributed by atoms with Gasteiger partial charge in [0.2, 0.25) is 0 Å². The first kappa shape index (κ1) is 13.8. The topological polar surface area (TPSA) is 119 Å². The quantitative estimate of drug-likeness (QED) is 0.611. The highest BCUT2D eigenvalue weighted by atomic mass is 16.4. The summed E-state index contributed by atoms with van der Waals surface area (Å²) in [5.74, 6) is -2.13. The number of aromatic amines is 1. The van der Waals surface area contributed by atoms with Gasteiger partial charge in [0.25, 0.3) is 11.5 Å². The molecule has 0 radical (unpaired) electrons. The van der Waals surface area contributed by atoms with E-state index in [1.165, 1.54) is 6.07 Å². The number of carbonyl (C=O) groups is 2. The van der Waals surface area contributed by atoms with Crippen LogP contribution in [0, 0.1) is 0 Å². The van der Waals surface area contributed by atoms with Crippen molar-refractivity contribution in [1.82, 2.24) is 10.3 Å². The third kappa shape index (κ3) is 2.67. The Morgan fingerprint density at radius 3 is 2.65 bits per heavy atom. The van der Waals surface area contributed by atoms with E-state index in [1.54, 1.807) is 24.3 Å². The van der Waals surface area contributed by atoms with Crippen LogP contribution >= 0.6 is 0 Å². The fourth-order valence-corrected chi connectivity index (χ4v) is 1.75. The van der Waals surface area contributed by atoms with Crippen LogP contribution < -0.4 is 10.9 Å². The van der Waals surface area contributed by atoms with Crippen molar-refractivity contribution in [3.05, 3.63) is 46.4 Å². The van der Waals surface area contributed by atoms with Gasteiger partial charge in [0.1, 0.15) is 5.69 Å². The summed E-state index contributed by atoms with van der Waals surface area (Å²) >= 11 is 0. The third-order valence-electron chi connectivity index (χ3n) is 2.78. The Bertz CT molecular complexity index is 722. The summed E-state index contributed by atoms with van der Waals surface area (Å²) in [6, 6.07) is 6.73. The zero-order valence-electron chi connectivity index (χ0n) is 10.3. The second-order valence-corrected chi connectivity index (χ2v) is 4.15. The molecule has 7 nitrogen and oxygen atoms in total. The zero-order valence-corrected chi connectivity index (χ0v) is 10.3. The van der Waals surface area contributed by atoms with E-state index in [2.05, 4.69) is 10.3 Å². The molecule has 20 heavy (non-hydrogen) atoms. The molecule has 4 N–H and O–H groups in total. The van der Waals surface area contributed by atoms with E-state index in [9.17, 15) is 14.4 Å². The number of amides is 1. The number of H-pyrrole nitrogens is 1. The molecule has 2 rings (SSSR count). The number of hydrogen-bond donors (Lipinski definition) is 4. The van der Waals surface area contributed by atoms with Gasteiger partial charge in [0.05, 0.1) is 6.61 Å². The van der Waals surface area contributed by atoms with E-state index in [-0.39, 0.29) is 5.69 Å². The highest BCUT2D eigenvalue weighted by Gasteiger charge is 2.20. The summed E-state index contributed by atoms with van der Waals surface area (Å²) in [5.41, 5.74) is -0.502. The second-order valence-electron chi connectivity index (χ2n) is 4.15. The maximum Gasteiger partial charge on any atom is 0.328 e. The van der Waals surface area contributed by atoms with Gasteiger partial charge < -0.3 is 20.5 Å². The molecule has 0 aliphatic carbocycles. The van der Waals surface area contributed by atoms with Crippen LogP contribution in [-0.4, -0.2) is 39.7 Å². The lowest BCUT2D eigenvalue weighted by atomic mass is 10.1. The maximum absolute atomic E-state index is 11.9. The van der Waals surface area contributed by atoms with E-state index in [0.29, 0.717) is 10.8 Å². The van der Waals surface area contributed by atoms with Crippen molar-refractivity contribution in [3.8, 4) is 0 Å². The van der Waals surface area contributed by atoms with Gasteiger partial charge in [-0.1, -0.05) is 18.2 Å². The molecule has 1 aromatic heterocycles. The average Bonchev–Trinajstić information content (AvgIpc) is 2.44. The van der Waals surface area contributed by atoms with E-state index in [4.69, 9.17) is 10.2 Å². The van der Waals surface area contributed by atoms with Crippen molar-refractivity contribution in [2.75, 3.05) is 6.61 Å². The molecule has 0 aliphatic heterocycles. The molecule has 0 saturated heterocycles. The molecule has 104 valence electrons. The highest BCUT2D eigenvalue weighted by molar-refractivity contribution is 5.98. The third-order valence-corrected chi connectivity index (χ3v) is 2.78. The molecule has 2 aromatic rings. The Labute approximate surface area is 112 Å². The Kier molecular flexibility index (Phi) is 3.81. The van der Waals surface area contributed by atoms with Crippen molar-refractivity contribution in [3.63, 3.8) is 0 Å². The number of carboxylic acids is 1. The van der Waals surface area contributed by atoms with Crippen molar-refractivity contribution < 1.29 is 19.8 Å². The van der Waals surface area contributed by atoms with Gasteiger partial charge in [-0.25, -0.2) is 4.79 Å². The molecule has 0 fully saturated rings. The van der Waals surface area contributed by atoms with Crippen LogP contribution in [0.4, 0.5) is 0 Å². The molecule has 0 aliphatic rings. The number of aliphatic hydroxyl groups is 1.